The van der Waals surface area contributed by atoms with E-state index in [1.54, 1.807) is 0 Å². The van der Waals surface area contributed by atoms with Crippen molar-refractivity contribution in [2.24, 2.45) is 4.99 Å². The molecule has 0 spiro atoms. The maximum atomic E-state index is 13.5. The van der Waals surface area contributed by atoms with Crippen LogP contribution in [0.1, 0.15) is 39.5 Å². The summed E-state index contributed by atoms with van der Waals surface area (Å²) in [5.74, 6) is 0.270. The van der Waals surface area contributed by atoms with Gasteiger partial charge in [-0.25, -0.2) is 0 Å². The third-order valence-electron chi connectivity index (χ3n) is 5.48. The number of nitrogens with zero attached hydrogens (tertiary/aromatic N) is 3. The predicted octanol–water partition coefficient (Wildman–Crippen LogP) is 2.97. The molecule has 1 unspecified atom stereocenters. The summed E-state index contributed by atoms with van der Waals surface area (Å²) >= 11 is 0. The van der Waals surface area contributed by atoms with E-state index < -0.39 is 5.54 Å². The van der Waals surface area contributed by atoms with Gasteiger partial charge in [-0.15, -0.1) is 13.2 Å². The number of hydrogen-bond donors (Lipinski definition) is 0. The normalized spacial score (nSPS) is 27.0. The number of amides is 2. The van der Waals surface area contributed by atoms with Gasteiger partial charge in [-0.1, -0.05) is 12.2 Å². The van der Waals surface area contributed by atoms with Gasteiger partial charge in [0.2, 0.25) is 5.91 Å². The van der Waals surface area contributed by atoms with Gasteiger partial charge in [0, 0.05) is 12.7 Å². The Morgan fingerprint density at radius 3 is 2.60 bits per heavy atom. The predicted molar refractivity (Wildman–Crippen MR) is 98.9 cm³/mol. The van der Waals surface area contributed by atoms with Crippen molar-refractivity contribution in [2.45, 2.75) is 50.6 Å². The molecule has 1 saturated heterocycles. The van der Waals surface area contributed by atoms with Crippen molar-refractivity contribution in [3.8, 4) is 0 Å². The van der Waals surface area contributed by atoms with E-state index in [9.17, 15) is 9.59 Å². The summed E-state index contributed by atoms with van der Waals surface area (Å²) in [5, 5.41) is 0. The molecule has 0 aromatic rings. The fourth-order valence-corrected chi connectivity index (χ4v) is 4.01. The van der Waals surface area contributed by atoms with E-state index in [1.807, 2.05) is 54.2 Å². The van der Waals surface area contributed by atoms with Gasteiger partial charge in [0.25, 0.3) is 5.91 Å². The highest BCUT2D eigenvalue weighted by atomic mass is 16.2. The van der Waals surface area contributed by atoms with E-state index in [4.69, 9.17) is 0 Å². The first-order valence-electron chi connectivity index (χ1n) is 8.67. The summed E-state index contributed by atoms with van der Waals surface area (Å²) in [6.07, 6.45) is 11.8. The molecule has 1 atom stereocenters. The van der Waals surface area contributed by atoms with E-state index in [0.29, 0.717) is 12.4 Å². The van der Waals surface area contributed by atoms with Crippen LogP contribution in [0, 0.1) is 0 Å². The second-order valence-electron chi connectivity index (χ2n) is 7.31. The van der Waals surface area contributed by atoms with Crippen LogP contribution in [0.15, 0.2) is 54.2 Å². The topological polar surface area (TPSA) is 53.0 Å². The van der Waals surface area contributed by atoms with Gasteiger partial charge in [0.05, 0.1) is 12.0 Å². The monoisotopic (exact) mass is 339 g/mol. The zero-order valence-corrected chi connectivity index (χ0v) is 15.0. The number of rotatable bonds is 5. The van der Waals surface area contributed by atoms with Crippen LogP contribution in [-0.2, 0) is 9.59 Å². The molecule has 3 rings (SSSR count). The van der Waals surface area contributed by atoms with E-state index in [0.717, 1.165) is 24.8 Å². The summed E-state index contributed by atoms with van der Waals surface area (Å²) < 4.78 is 0. The third-order valence-corrected chi connectivity index (χ3v) is 5.48. The second kappa shape index (κ2) is 6.14. The molecule has 0 aromatic carbocycles. The maximum Gasteiger partial charge on any atom is 0.250 e. The highest BCUT2D eigenvalue weighted by Crippen LogP contribution is 2.42. The molecule has 5 nitrogen and oxygen atoms in total. The zero-order valence-electron chi connectivity index (χ0n) is 15.0. The molecule has 0 aromatic heterocycles. The fraction of sp³-hybridized carbons (Fsp3) is 0.450. The Kier molecular flexibility index (Phi) is 4.27. The molecule has 25 heavy (non-hydrogen) atoms. The number of carbonyl (C=O) groups is 2. The summed E-state index contributed by atoms with van der Waals surface area (Å²) in [6.45, 7) is 12.2. The van der Waals surface area contributed by atoms with Gasteiger partial charge in [-0.3, -0.25) is 9.59 Å². The van der Waals surface area contributed by atoms with Crippen LogP contribution in [0.2, 0.25) is 0 Å². The summed E-state index contributed by atoms with van der Waals surface area (Å²) in [4.78, 5) is 33.6. The molecule has 0 aliphatic carbocycles. The molecule has 0 bridgehead atoms. The Hall–Kier alpha value is -2.43. The summed E-state index contributed by atoms with van der Waals surface area (Å²) in [5.41, 5.74) is -0.196. The Morgan fingerprint density at radius 2 is 2.04 bits per heavy atom. The van der Waals surface area contributed by atoms with Gasteiger partial charge in [-0.05, 0) is 50.8 Å². The minimum Gasteiger partial charge on any atom is -0.334 e. The average molecular weight is 339 g/mol. The molecule has 3 heterocycles. The van der Waals surface area contributed by atoms with E-state index in [1.165, 1.54) is 0 Å². The van der Waals surface area contributed by atoms with Crippen molar-refractivity contribution < 1.29 is 9.59 Å². The van der Waals surface area contributed by atoms with Crippen molar-refractivity contribution in [3.63, 3.8) is 0 Å². The molecule has 5 heteroatoms. The standard InChI is InChI=1S/C20H25N3O2/c1-5-8-20(9-6-2)10-12-23(20)18(25)19(4)14-17(24)21-16-13-15(3)7-11-22(16)19/h5-7,11,13H,1-2,8-10,12,14H2,3-4H3. The third kappa shape index (κ3) is 2.68. The van der Waals surface area contributed by atoms with Gasteiger partial charge >= 0.3 is 0 Å². The van der Waals surface area contributed by atoms with Crippen LogP contribution in [0.3, 0.4) is 0 Å². The van der Waals surface area contributed by atoms with Gasteiger partial charge in [0.15, 0.2) is 0 Å². The molecule has 3 aliphatic rings. The van der Waals surface area contributed by atoms with Crippen molar-refractivity contribution in [1.82, 2.24) is 9.80 Å². The Labute approximate surface area is 149 Å². The Bertz CT molecular complexity index is 721. The van der Waals surface area contributed by atoms with Crippen LogP contribution in [-0.4, -0.2) is 45.1 Å². The first-order chi connectivity index (χ1) is 11.9. The number of fused-ring (bicyclic) bond motifs is 1. The largest absolute Gasteiger partial charge is 0.334 e. The SMILES string of the molecule is C=CCC1(CC=C)CCN1C(=O)C1(C)CC(=O)N=C2C=C(C)C=CN21. The van der Waals surface area contributed by atoms with Crippen molar-refractivity contribution in [2.75, 3.05) is 6.54 Å². The van der Waals surface area contributed by atoms with Crippen molar-refractivity contribution >= 4 is 17.6 Å². The van der Waals surface area contributed by atoms with Crippen LogP contribution in [0.5, 0.6) is 0 Å². The van der Waals surface area contributed by atoms with E-state index >= 15 is 0 Å². The molecule has 132 valence electrons. The number of hydrogen-bond acceptors (Lipinski definition) is 3. The summed E-state index contributed by atoms with van der Waals surface area (Å²) in [6, 6.07) is 0. The van der Waals surface area contributed by atoms with Gasteiger partial charge < -0.3 is 9.80 Å². The Balaban J connectivity index is 1.95. The van der Waals surface area contributed by atoms with E-state index in [2.05, 4.69) is 18.2 Å². The number of likely N-dealkylation sites (tertiary alicyclic amines) is 1. The first kappa shape index (κ1) is 17.4. The minimum atomic E-state index is -0.949. The number of aliphatic imine (C=N–C) groups is 1. The molecule has 3 aliphatic heterocycles. The summed E-state index contributed by atoms with van der Waals surface area (Å²) in [7, 11) is 0. The maximum absolute atomic E-state index is 13.5. The zero-order chi connectivity index (χ0) is 18.2. The van der Waals surface area contributed by atoms with Crippen LogP contribution in [0.4, 0.5) is 0 Å². The average Bonchev–Trinajstić information content (AvgIpc) is 2.52. The molecular weight excluding hydrogens is 314 g/mol. The van der Waals surface area contributed by atoms with Gasteiger partial charge in [0.1, 0.15) is 11.4 Å². The molecule has 1 fully saturated rings. The molecule has 0 radical (unpaired) electrons. The smallest absolute Gasteiger partial charge is 0.250 e. The first-order valence-corrected chi connectivity index (χ1v) is 8.67. The quantitative estimate of drug-likeness (QED) is 0.724. The van der Waals surface area contributed by atoms with Gasteiger partial charge in [-0.2, -0.15) is 4.99 Å². The number of carbonyl (C=O) groups excluding carboxylic acids is 2. The number of allylic oxidation sites excluding steroid dienone is 2. The molecular formula is C20H25N3O2. The lowest BCUT2D eigenvalue weighted by atomic mass is 9.76. The van der Waals surface area contributed by atoms with E-state index in [-0.39, 0.29) is 23.8 Å². The fourth-order valence-electron chi connectivity index (χ4n) is 4.01. The van der Waals surface area contributed by atoms with Crippen molar-refractivity contribution in [3.05, 3.63) is 49.2 Å². The molecule has 0 N–H and O–H groups in total. The lowest BCUT2D eigenvalue weighted by molar-refractivity contribution is -0.159. The van der Waals surface area contributed by atoms with Crippen LogP contribution in [0.25, 0.3) is 0 Å². The lowest BCUT2D eigenvalue weighted by Crippen LogP contribution is -2.70. The molecule has 0 saturated carbocycles. The van der Waals surface area contributed by atoms with Crippen LogP contribution < -0.4 is 0 Å². The second-order valence-corrected chi connectivity index (χ2v) is 7.31. The Morgan fingerprint density at radius 1 is 1.36 bits per heavy atom. The lowest BCUT2D eigenvalue weighted by Gasteiger charge is -2.56. The minimum absolute atomic E-state index is 0.0270. The van der Waals surface area contributed by atoms with Crippen molar-refractivity contribution in [1.29, 1.82) is 0 Å². The number of amidine groups is 1. The van der Waals surface area contributed by atoms with Crippen LogP contribution >= 0.6 is 0 Å². The molecule has 2 amide bonds. The highest BCUT2D eigenvalue weighted by Gasteiger charge is 2.54. The highest BCUT2D eigenvalue weighted by molar-refractivity contribution is 6.10.